The number of carbonyl (C=O) groups excluding carboxylic acids is 2. The molecule has 0 saturated carbocycles. The highest BCUT2D eigenvalue weighted by molar-refractivity contribution is 5.96. The molecule has 0 bridgehead atoms. The van der Waals surface area contributed by atoms with Crippen molar-refractivity contribution in [3.05, 3.63) is 71.3 Å². The van der Waals surface area contributed by atoms with E-state index in [2.05, 4.69) is 0 Å². The molecule has 1 amide bonds. The third-order valence-electron chi connectivity index (χ3n) is 4.36. The molecule has 0 aliphatic carbocycles. The quantitative estimate of drug-likeness (QED) is 0.736. The Morgan fingerprint density at radius 2 is 1.78 bits per heavy atom. The number of nitrogens with zero attached hydrogens (tertiary/aromatic N) is 1. The van der Waals surface area contributed by atoms with E-state index >= 15 is 0 Å². The van der Waals surface area contributed by atoms with Gasteiger partial charge in [-0.05, 0) is 31.6 Å². The molecule has 1 aliphatic rings. The molecule has 2 aromatic carbocycles. The summed E-state index contributed by atoms with van der Waals surface area (Å²) in [5, 5.41) is 0. The molecular weight excluding hydrogens is 342 g/mol. The van der Waals surface area contributed by atoms with Gasteiger partial charge in [0.25, 0.3) is 5.91 Å². The molecule has 0 unspecified atom stereocenters. The maximum absolute atomic E-state index is 12.6. The van der Waals surface area contributed by atoms with Crippen molar-refractivity contribution < 1.29 is 19.1 Å². The van der Waals surface area contributed by atoms with Gasteiger partial charge in [-0.3, -0.25) is 4.79 Å². The Hall–Kier alpha value is -3.08. The van der Waals surface area contributed by atoms with E-state index in [1.807, 2.05) is 68.4 Å². The van der Waals surface area contributed by atoms with Crippen molar-refractivity contribution in [2.45, 2.75) is 26.4 Å². The minimum Gasteiger partial charge on any atom is -0.488 e. The summed E-state index contributed by atoms with van der Waals surface area (Å²) in [4.78, 5) is 26.6. The summed E-state index contributed by atoms with van der Waals surface area (Å²) < 4.78 is 10.8. The number of para-hydroxylation sites is 1. The second-order valence-electron chi connectivity index (χ2n) is 6.67. The van der Waals surface area contributed by atoms with Crippen molar-refractivity contribution in [3.63, 3.8) is 0 Å². The molecule has 0 atom stereocenters. The van der Waals surface area contributed by atoms with E-state index in [0.717, 1.165) is 16.9 Å². The van der Waals surface area contributed by atoms with Crippen molar-refractivity contribution in [2.24, 2.45) is 0 Å². The van der Waals surface area contributed by atoms with Crippen LogP contribution < -0.4 is 4.74 Å². The number of hydrogen-bond acceptors (Lipinski definition) is 4. The Morgan fingerprint density at radius 3 is 2.52 bits per heavy atom. The van der Waals surface area contributed by atoms with E-state index in [4.69, 9.17) is 9.47 Å². The van der Waals surface area contributed by atoms with Crippen molar-refractivity contribution in [1.82, 2.24) is 4.90 Å². The van der Waals surface area contributed by atoms with Gasteiger partial charge in [0.1, 0.15) is 12.4 Å². The first kappa shape index (κ1) is 18.7. The zero-order valence-corrected chi connectivity index (χ0v) is 15.6. The summed E-state index contributed by atoms with van der Waals surface area (Å²) in [6.07, 6.45) is 1.75. The summed E-state index contributed by atoms with van der Waals surface area (Å²) in [5.74, 6) is -0.0137. The number of esters is 1. The van der Waals surface area contributed by atoms with Gasteiger partial charge in [-0.1, -0.05) is 48.5 Å². The average molecular weight is 365 g/mol. The largest absolute Gasteiger partial charge is 0.488 e. The summed E-state index contributed by atoms with van der Waals surface area (Å²) in [6, 6.07) is 17.2. The van der Waals surface area contributed by atoms with Crippen molar-refractivity contribution in [1.29, 1.82) is 0 Å². The highest BCUT2D eigenvalue weighted by atomic mass is 16.5. The average Bonchev–Trinajstić information content (AvgIpc) is 2.70. The van der Waals surface area contributed by atoms with Crippen molar-refractivity contribution in [3.8, 4) is 5.75 Å². The van der Waals surface area contributed by atoms with Crippen LogP contribution >= 0.6 is 0 Å². The number of hydrogen-bond donors (Lipinski definition) is 0. The zero-order chi connectivity index (χ0) is 19.2. The van der Waals surface area contributed by atoms with Crippen LogP contribution in [0.3, 0.4) is 0 Å². The molecule has 3 rings (SSSR count). The Bertz CT molecular complexity index is 842. The summed E-state index contributed by atoms with van der Waals surface area (Å²) in [5.41, 5.74) is 2.27. The predicted molar refractivity (Wildman–Crippen MR) is 103 cm³/mol. The van der Waals surface area contributed by atoms with Gasteiger partial charge >= 0.3 is 5.97 Å². The van der Waals surface area contributed by atoms with Gasteiger partial charge in [-0.25, -0.2) is 4.79 Å². The Morgan fingerprint density at radius 1 is 1.07 bits per heavy atom. The van der Waals surface area contributed by atoms with Gasteiger partial charge in [-0.15, -0.1) is 0 Å². The van der Waals surface area contributed by atoms with Gasteiger partial charge < -0.3 is 14.4 Å². The van der Waals surface area contributed by atoms with E-state index in [9.17, 15) is 9.59 Å². The minimum atomic E-state index is -0.527. The lowest BCUT2D eigenvalue weighted by Gasteiger charge is -2.27. The summed E-state index contributed by atoms with van der Waals surface area (Å²) in [6.45, 7) is 4.22. The summed E-state index contributed by atoms with van der Waals surface area (Å²) >= 11 is 0. The molecule has 0 saturated heterocycles. The molecule has 0 fully saturated rings. The van der Waals surface area contributed by atoms with Crippen LogP contribution in [-0.4, -0.2) is 36.0 Å². The predicted octanol–water partition coefficient (Wildman–Crippen LogP) is 3.44. The van der Waals surface area contributed by atoms with Crippen LogP contribution in [0.1, 0.15) is 25.0 Å². The highest BCUT2D eigenvalue weighted by Gasteiger charge is 2.22. The lowest BCUT2D eigenvalue weighted by Crippen LogP contribution is -2.39. The molecular formula is C22H23NO4. The second-order valence-corrected chi connectivity index (χ2v) is 6.67. The van der Waals surface area contributed by atoms with Crippen LogP contribution in [0.4, 0.5) is 0 Å². The molecule has 2 aromatic rings. The molecule has 5 nitrogen and oxygen atoms in total. The van der Waals surface area contributed by atoms with Crippen LogP contribution in [0.25, 0.3) is 6.08 Å². The normalized spacial score (nSPS) is 12.6. The van der Waals surface area contributed by atoms with E-state index in [0.29, 0.717) is 12.1 Å². The number of amides is 1. The van der Waals surface area contributed by atoms with Crippen LogP contribution in [0.5, 0.6) is 5.75 Å². The Labute approximate surface area is 159 Å². The minimum absolute atomic E-state index is 0.000476. The van der Waals surface area contributed by atoms with Gasteiger partial charge in [0.05, 0.1) is 5.57 Å². The highest BCUT2D eigenvalue weighted by Crippen LogP contribution is 2.26. The molecule has 0 spiro atoms. The molecule has 0 N–H and O–H groups in total. The van der Waals surface area contributed by atoms with Crippen LogP contribution in [0.2, 0.25) is 0 Å². The molecule has 0 aromatic heterocycles. The standard InChI is InChI=1S/C22H23NO4/c1-16(2)23(13-17-8-4-3-5-9-17)21(24)15-27-22(25)19-12-18-10-6-7-11-20(18)26-14-19/h3-12,16H,13-15H2,1-2H3. The molecule has 0 radical (unpaired) electrons. The first-order valence-corrected chi connectivity index (χ1v) is 8.97. The molecule has 1 aliphatic heterocycles. The monoisotopic (exact) mass is 365 g/mol. The van der Waals surface area contributed by atoms with E-state index in [-0.39, 0.29) is 25.2 Å². The third-order valence-corrected chi connectivity index (χ3v) is 4.36. The molecule has 27 heavy (non-hydrogen) atoms. The van der Waals surface area contributed by atoms with Crippen LogP contribution in [0, 0.1) is 0 Å². The SMILES string of the molecule is CC(C)N(Cc1ccccc1)C(=O)COC(=O)C1=Cc2ccccc2OC1. The zero-order valence-electron chi connectivity index (χ0n) is 15.6. The fraction of sp³-hybridized carbons (Fsp3) is 0.273. The van der Waals surface area contributed by atoms with Crippen molar-refractivity contribution in [2.75, 3.05) is 13.2 Å². The topological polar surface area (TPSA) is 55.8 Å². The first-order valence-electron chi connectivity index (χ1n) is 8.97. The van der Waals surface area contributed by atoms with Gasteiger partial charge in [0, 0.05) is 18.2 Å². The molecule has 1 heterocycles. The lowest BCUT2D eigenvalue weighted by atomic mass is 10.1. The number of carbonyl (C=O) groups is 2. The van der Waals surface area contributed by atoms with Crippen molar-refractivity contribution >= 4 is 18.0 Å². The smallest absolute Gasteiger partial charge is 0.338 e. The maximum atomic E-state index is 12.6. The van der Waals surface area contributed by atoms with Gasteiger partial charge in [-0.2, -0.15) is 0 Å². The maximum Gasteiger partial charge on any atom is 0.338 e. The molecule has 5 heteroatoms. The fourth-order valence-electron chi connectivity index (χ4n) is 2.88. The van der Waals surface area contributed by atoms with E-state index in [1.54, 1.807) is 11.0 Å². The molecule has 140 valence electrons. The van der Waals surface area contributed by atoms with E-state index in [1.165, 1.54) is 0 Å². The Kier molecular flexibility index (Phi) is 5.91. The number of benzene rings is 2. The lowest BCUT2D eigenvalue weighted by molar-refractivity contribution is -0.150. The fourth-order valence-corrected chi connectivity index (χ4v) is 2.88. The number of rotatable bonds is 6. The van der Waals surface area contributed by atoms with E-state index < -0.39 is 5.97 Å². The number of ether oxygens (including phenoxy) is 2. The Balaban J connectivity index is 1.60. The van der Waals surface area contributed by atoms with Crippen LogP contribution in [0.15, 0.2) is 60.2 Å². The van der Waals surface area contributed by atoms with Gasteiger partial charge in [0.15, 0.2) is 6.61 Å². The second kappa shape index (κ2) is 8.54. The third kappa shape index (κ3) is 4.76. The van der Waals surface area contributed by atoms with Gasteiger partial charge in [0.2, 0.25) is 0 Å². The first-order chi connectivity index (χ1) is 13.0. The van der Waals surface area contributed by atoms with Crippen LogP contribution in [-0.2, 0) is 20.9 Å². The number of fused-ring (bicyclic) bond motifs is 1. The summed E-state index contributed by atoms with van der Waals surface area (Å²) in [7, 11) is 0.